The van der Waals surface area contributed by atoms with E-state index in [9.17, 15) is 5.11 Å². The number of rotatable bonds is 9. The number of phenols is 1. The van der Waals surface area contributed by atoms with Crippen molar-refractivity contribution in [1.82, 2.24) is 0 Å². The van der Waals surface area contributed by atoms with Crippen molar-refractivity contribution in [3.8, 4) is 11.5 Å². The third-order valence-electron chi connectivity index (χ3n) is 6.49. The largest absolute Gasteiger partial charge is 0.507 e. The molecule has 0 fully saturated rings. The van der Waals surface area contributed by atoms with Gasteiger partial charge in [0.2, 0.25) is 0 Å². The molecule has 0 unspecified atom stereocenters. The second-order valence-electron chi connectivity index (χ2n) is 12.8. The summed E-state index contributed by atoms with van der Waals surface area (Å²) >= 11 is 1.99. The summed E-state index contributed by atoms with van der Waals surface area (Å²) in [6, 6.07) is 15.7. The van der Waals surface area contributed by atoms with E-state index >= 15 is 0 Å². The summed E-state index contributed by atoms with van der Waals surface area (Å²) in [4.78, 5) is 1.27. The van der Waals surface area contributed by atoms with E-state index in [0.717, 1.165) is 22.3 Å². The molecule has 0 aliphatic rings. The molecule has 0 bridgehead atoms. The van der Waals surface area contributed by atoms with E-state index in [1.807, 2.05) is 11.8 Å². The zero-order valence-corrected chi connectivity index (χ0v) is 25.3. The Hall–Kier alpha value is -1.39. The van der Waals surface area contributed by atoms with Gasteiger partial charge in [-0.15, -0.1) is 11.8 Å². The van der Waals surface area contributed by atoms with Gasteiger partial charge in [0.25, 0.3) is 0 Å². The minimum atomic E-state index is -1.91. The van der Waals surface area contributed by atoms with Crippen LogP contribution in [0.1, 0.15) is 80.4 Å². The van der Waals surface area contributed by atoms with Crippen molar-refractivity contribution >= 4 is 25.0 Å². The summed E-state index contributed by atoms with van der Waals surface area (Å²) in [5.41, 5.74) is 1.85. The molecule has 2 aromatic rings. The molecule has 2 aromatic carbocycles. The van der Waals surface area contributed by atoms with E-state index in [0.29, 0.717) is 17.6 Å². The Kier molecular flexibility index (Phi) is 9.43. The fourth-order valence-electron chi connectivity index (χ4n) is 5.20. The van der Waals surface area contributed by atoms with Gasteiger partial charge in [-0.25, -0.2) is 0 Å². The van der Waals surface area contributed by atoms with E-state index in [2.05, 4.69) is 106 Å². The van der Waals surface area contributed by atoms with Crippen LogP contribution in [-0.4, -0.2) is 25.7 Å². The van der Waals surface area contributed by atoms with E-state index in [-0.39, 0.29) is 10.8 Å². The summed E-state index contributed by atoms with van der Waals surface area (Å²) in [6.07, 6.45) is 0. The molecule has 0 atom stereocenters. The lowest BCUT2D eigenvalue weighted by molar-refractivity contribution is 0.417. The summed E-state index contributed by atoms with van der Waals surface area (Å²) < 4.78 is 5.90. The number of aromatic hydroxyl groups is 1. The van der Waals surface area contributed by atoms with Crippen LogP contribution in [0.5, 0.6) is 11.5 Å². The number of thioether (sulfide) groups is 1. The van der Waals surface area contributed by atoms with Crippen LogP contribution in [0.4, 0.5) is 0 Å². The third-order valence-corrected chi connectivity index (χ3v) is 14.6. The van der Waals surface area contributed by atoms with Gasteiger partial charge in [-0.05, 0) is 51.4 Å². The Labute approximate surface area is 214 Å². The molecule has 0 radical (unpaired) electrons. The number of ether oxygens (including phenoxy) is 1. The molecule has 1 N–H and O–H groups in total. The van der Waals surface area contributed by atoms with Crippen molar-refractivity contribution in [2.45, 2.75) is 97.1 Å². The van der Waals surface area contributed by atoms with Crippen LogP contribution >= 0.6 is 11.8 Å². The Balaban J connectivity index is 2.63. The highest BCUT2D eigenvalue weighted by Gasteiger charge is 2.39. The molecule has 0 saturated carbocycles. The van der Waals surface area contributed by atoms with E-state index in [1.54, 1.807) is 7.11 Å². The summed E-state index contributed by atoms with van der Waals surface area (Å²) in [5, 5.41) is 13.7. The third kappa shape index (κ3) is 7.07. The molecule has 0 saturated heterocycles. The Morgan fingerprint density at radius 1 is 0.853 bits per heavy atom. The summed E-state index contributed by atoms with van der Waals surface area (Å²) in [5.74, 6) is 2.77. The molecule has 190 valence electrons. The number of hydrogen-bond acceptors (Lipinski definition) is 3. The molecule has 0 heterocycles. The van der Waals surface area contributed by atoms with E-state index in [1.165, 1.54) is 22.2 Å². The van der Waals surface area contributed by atoms with E-state index < -0.39 is 8.07 Å². The minimum absolute atomic E-state index is 0.117. The zero-order valence-electron chi connectivity index (χ0n) is 23.5. The predicted octanol–water partition coefficient (Wildman–Crippen LogP) is 8.30. The van der Waals surface area contributed by atoms with Gasteiger partial charge in [0.15, 0.2) is 0 Å². The zero-order chi connectivity index (χ0) is 25.9. The van der Waals surface area contributed by atoms with E-state index in [4.69, 9.17) is 4.74 Å². The number of phenolic OH excluding ortho intramolecular Hbond substituents is 1. The van der Waals surface area contributed by atoms with Gasteiger partial charge in [-0.3, -0.25) is 0 Å². The highest BCUT2D eigenvalue weighted by atomic mass is 32.2. The molecule has 2 rings (SSSR count). The van der Waals surface area contributed by atoms with Crippen LogP contribution in [0.2, 0.25) is 12.1 Å². The summed E-state index contributed by atoms with van der Waals surface area (Å²) in [6.45, 7) is 22.6. The highest BCUT2D eigenvalue weighted by Crippen LogP contribution is 2.43. The molecule has 34 heavy (non-hydrogen) atoms. The van der Waals surface area contributed by atoms with Gasteiger partial charge in [0.05, 0.1) is 7.11 Å². The molecule has 4 heteroatoms. The van der Waals surface area contributed by atoms with Gasteiger partial charge in [-0.2, -0.15) is 0 Å². The topological polar surface area (TPSA) is 29.5 Å². The number of benzene rings is 2. The summed E-state index contributed by atoms with van der Waals surface area (Å²) in [7, 11) is -0.104. The van der Waals surface area contributed by atoms with Crippen molar-refractivity contribution in [2.24, 2.45) is 11.8 Å². The first kappa shape index (κ1) is 28.8. The normalized spacial score (nSPS) is 13.1. The van der Waals surface area contributed by atoms with Gasteiger partial charge < -0.3 is 9.84 Å². The van der Waals surface area contributed by atoms with Gasteiger partial charge in [0, 0.05) is 16.0 Å². The lowest BCUT2D eigenvalue weighted by Crippen LogP contribution is -2.53. The van der Waals surface area contributed by atoms with Crippen molar-refractivity contribution in [1.29, 1.82) is 0 Å². The van der Waals surface area contributed by atoms with Crippen LogP contribution in [0.15, 0.2) is 41.3 Å². The molecule has 0 spiro atoms. The Bertz CT molecular complexity index is 906. The van der Waals surface area contributed by atoms with Crippen LogP contribution in [0.25, 0.3) is 0 Å². The lowest BCUT2D eigenvalue weighted by Gasteiger charge is -2.36. The average Bonchev–Trinajstić information content (AvgIpc) is 2.70. The second-order valence-corrected chi connectivity index (χ2v) is 18.7. The van der Waals surface area contributed by atoms with Crippen LogP contribution in [0, 0.1) is 11.8 Å². The van der Waals surface area contributed by atoms with Crippen molar-refractivity contribution < 1.29 is 9.84 Å². The maximum Gasteiger partial charge on any atom is 0.123 e. The predicted molar refractivity (Wildman–Crippen MR) is 154 cm³/mol. The van der Waals surface area contributed by atoms with Crippen LogP contribution in [0.3, 0.4) is 0 Å². The number of hydrogen-bond donors (Lipinski definition) is 1. The maximum atomic E-state index is 11.2. The Morgan fingerprint density at radius 2 is 1.32 bits per heavy atom. The quantitative estimate of drug-likeness (QED) is 0.277. The fraction of sp³-hybridized carbons (Fsp3) is 0.600. The molecule has 2 nitrogen and oxygen atoms in total. The molecule has 0 aliphatic carbocycles. The molecular formula is C30H48O2SSi. The standard InChI is InChI=1S/C30H48O2SSi/c1-21(2)18-34(19-22(3)4,27-15-13-12-14-26(27)32-11)20-33-23-16-24(29(5,6)7)28(31)25(17-23)30(8,9)10/h12-17,21-22,31H,18-20H2,1-11H3. The smallest absolute Gasteiger partial charge is 0.123 e. The van der Waals surface area contributed by atoms with Crippen LogP contribution in [-0.2, 0) is 10.8 Å². The maximum absolute atomic E-state index is 11.2. The highest BCUT2D eigenvalue weighted by molar-refractivity contribution is 8.01. The monoisotopic (exact) mass is 500 g/mol. The van der Waals surface area contributed by atoms with Crippen molar-refractivity contribution in [3.63, 3.8) is 0 Å². The molecule has 0 amide bonds. The molecule has 0 aromatic heterocycles. The minimum Gasteiger partial charge on any atom is -0.507 e. The lowest BCUT2D eigenvalue weighted by atomic mass is 9.79. The fourth-order valence-corrected chi connectivity index (χ4v) is 13.8. The van der Waals surface area contributed by atoms with Crippen molar-refractivity contribution in [3.05, 3.63) is 47.5 Å². The average molecular weight is 501 g/mol. The number of methoxy groups -OCH3 is 1. The van der Waals surface area contributed by atoms with Gasteiger partial charge in [0.1, 0.15) is 19.6 Å². The molecule has 0 aliphatic heterocycles. The SMILES string of the molecule is COc1ccccc1[Si](CSc1cc(C(C)(C)C)c(O)c(C(C)(C)C)c1)(CC(C)C)CC(C)C. The van der Waals surface area contributed by atoms with Gasteiger partial charge in [-0.1, -0.05) is 99.5 Å². The number of para-hydroxylation sites is 1. The molecular weight excluding hydrogens is 452 g/mol. The van der Waals surface area contributed by atoms with Crippen LogP contribution < -0.4 is 9.92 Å². The first-order valence-corrected chi connectivity index (χ1v) is 16.4. The van der Waals surface area contributed by atoms with Gasteiger partial charge >= 0.3 is 0 Å². The first-order chi connectivity index (χ1) is 15.6. The van der Waals surface area contributed by atoms with Crippen molar-refractivity contribution in [2.75, 3.05) is 12.5 Å². The Morgan fingerprint density at radius 3 is 1.74 bits per heavy atom. The second kappa shape index (κ2) is 11.1. The first-order valence-electron chi connectivity index (χ1n) is 12.7.